The lowest BCUT2D eigenvalue weighted by molar-refractivity contribution is 0.328. The first-order valence-corrected chi connectivity index (χ1v) is 8.88. The first-order chi connectivity index (χ1) is 13.0. The molecule has 3 aromatic rings. The van der Waals surface area contributed by atoms with Crippen LogP contribution >= 0.6 is 0 Å². The largest absolute Gasteiger partial charge is 0.477 e. The molecule has 27 heavy (non-hydrogen) atoms. The number of pyridine rings is 2. The van der Waals surface area contributed by atoms with E-state index in [-0.39, 0.29) is 6.04 Å². The third-order valence-corrected chi connectivity index (χ3v) is 4.37. The summed E-state index contributed by atoms with van der Waals surface area (Å²) in [5, 5.41) is 15.5. The second-order valence-corrected chi connectivity index (χ2v) is 6.31. The third kappa shape index (κ3) is 3.97. The summed E-state index contributed by atoms with van der Waals surface area (Å²) >= 11 is 0. The van der Waals surface area contributed by atoms with Crippen molar-refractivity contribution in [2.75, 3.05) is 11.9 Å². The van der Waals surface area contributed by atoms with E-state index < -0.39 is 0 Å². The highest BCUT2D eigenvalue weighted by Crippen LogP contribution is 2.32. The van der Waals surface area contributed by atoms with Gasteiger partial charge in [0.25, 0.3) is 0 Å². The zero-order chi connectivity index (χ0) is 19.4. The van der Waals surface area contributed by atoms with Gasteiger partial charge < -0.3 is 15.5 Å². The van der Waals surface area contributed by atoms with E-state index in [0.717, 1.165) is 28.1 Å². The van der Waals surface area contributed by atoms with Crippen LogP contribution in [0.4, 0.5) is 5.69 Å². The van der Waals surface area contributed by atoms with E-state index in [2.05, 4.69) is 27.3 Å². The van der Waals surface area contributed by atoms with Gasteiger partial charge in [-0.15, -0.1) is 0 Å². The van der Waals surface area contributed by atoms with Gasteiger partial charge in [-0.05, 0) is 44.5 Å². The molecule has 0 saturated heterocycles. The zero-order valence-corrected chi connectivity index (χ0v) is 16.0. The molecule has 1 atom stereocenters. The summed E-state index contributed by atoms with van der Waals surface area (Å²) in [6.07, 6.45) is 6.81. The van der Waals surface area contributed by atoms with Crippen molar-refractivity contribution in [2.24, 2.45) is 7.05 Å². The lowest BCUT2D eigenvalue weighted by Crippen LogP contribution is -2.09. The highest BCUT2D eigenvalue weighted by Gasteiger charge is 2.16. The van der Waals surface area contributed by atoms with Gasteiger partial charge in [0.05, 0.1) is 35.8 Å². The predicted octanol–water partition coefficient (Wildman–Crippen LogP) is 3.75. The first kappa shape index (κ1) is 18.6. The van der Waals surface area contributed by atoms with Crippen molar-refractivity contribution in [3.63, 3.8) is 0 Å². The van der Waals surface area contributed by atoms with Gasteiger partial charge in [0.15, 0.2) is 0 Å². The lowest BCUT2D eigenvalue weighted by Gasteiger charge is -2.18. The van der Waals surface area contributed by atoms with Crippen LogP contribution in [0.3, 0.4) is 0 Å². The number of rotatable bonds is 7. The zero-order valence-electron chi connectivity index (χ0n) is 16.0. The van der Waals surface area contributed by atoms with E-state index in [4.69, 9.17) is 10.1 Å². The normalized spacial score (nSPS) is 11.9. The molecule has 1 unspecified atom stereocenters. The fourth-order valence-corrected chi connectivity index (χ4v) is 2.88. The van der Waals surface area contributed by atoms with Gasteiger partial charge in [-0.3, -0.25) is 4.68 Å². The Balaban J connectivity index is 2.02. The fourth-order valence-electron chi connectivity index (χ4n) is 2.88. The van der Waals surface area contributed by atoms with Crippen LogP contribution in [0.25, 0.3) is 11.3 Å². The Morgan fingerprint density at radius 3 is 2.89 bits per heavy atom. The average Bonchev–Trinajstić information content (AvgIpc) is 3.11. The number of anilines is 1. The van der Waals surface area contributed by atoms with Gasteiger partial charge in [-0.2, -0.15) is 5.10 Å². The maximum absolute atomic E-state index is 7.75. The number of ether oxygens (including phenoxy) is 1. The maximum Gasteiger partial charge on any atom is 0.222 e. The SMILES string of the molecule is CCOc1ncccc1-c1cc(NC(C)c2cnn(C)c2)c(C)c(C=N)n1. The second-order valence-electron chi connectivity index (χ2n) is 6.31. The topological polar surface area (TPSA) is 88.7 Å². The van der Waals surface area contributed by atoms with Crippen molar-refractivity contribution in [3.05, 3.63) is 53.6 Å². The summed E-state index contributed by atoms with van der Waals surface area (Å²) in [6.45, 7) is 6.49. The Bertz CT molecular complexity index is 949. The van der Waals surface area contributed by atoms with Crippen LogP contribution in [0.2, 0.25) is 0 Å². The van der Waals surface area contributed by atoms with Crippen molar-refractivity contribution in [1.29, 1.82) is 5.41 Å². The van der Waals surface area contributed by atoms with Crippen molar-refractivity contribution >= 4 is 11.9 Å². The summed E-state index contributed by atoms with van der Waals surface area (Å²) < 4.78 is 7.43. The Hall–Kier alpha value is -3.22. The highest BCUT2D eigenvalue weighted by molar-refractivity contribution is 5.83. The molecule has 7 nitrogen and oxygen atoms in total. The Kier molecular flexibility index (Phi) is 5.49. The standard InChI is InChI=1S/C20H24N6O/c1-5-27-20-16(7-6-8-22-20)18-9-17(13(2)19(10-21)25-18)24-14(3)15-11-23-26(4)12-15/h6-12,14,21H,5H2,1-4H3,(H,24,25). The first-order valence-electron chi connectivity index (χ1n) is 8.88. The molecule has 3 rings (SSSR count). The van der Waals surface area contributed by atoms with Crippen LogP contribution < -0.4 is 10.1 Å². The Labute approximate surface area is 158 Å². The minimum atomic E-state index is 0.0616. The number of aromatic nitrogens is 4. The highest BCUT2D eigenvalue weighted by atomic mass is 16.5. The molecule has 0 aromatic carbocycles. The van der Waals surface area contributed by atoms with E-state index in [1.54, 1.807) is 10.9 Å². The summed E-state index contributed by atoms with van der Waals surface area (Å²) in [6, 6.07) is 5.83. The molecule has 7 heteroatoms. The maximum atomic E-state index is 7.75. The van der Waals surface area contributed by atoms with Gasteiger partial charge in [0, 0.05) is 36.9 Å². The van der Waals surface area contributed by atoms with Crippen LogP contribution in [0, 0.1) is 12.3 Å². The van der Waals surface area contributed by atoms with Gasteiger partial charge in [-0.1, -0.05) is 0 Å². The molecular weight excluding hydrogens is 340 g/mol. The van der Waals surface area contributed by atoms with Gasteiger partial charge >= 0.3 is 0 Å². The Morgan fingerprint density at radius 1 is 1.41 bits per heavy atom. The number of nitrogens with zero attached hydrogens (tertiary/aromatic N) is 4. The molecule has 3 heterocycles. The number of aryl methyl sites for hydroxylation is 1. The number of nitrogens with one attached hydrogen (secondary N) is 2. The molecule has 0 radical (unpaired) electrons. The summed E-state index contributed by atoms with van der Waals surface area (Å²) in [7, 11) is 1.90. The van der Waals surface area contributed by atoms with Crippen molar-refractivity contribution < 1.29 is 4.74 Å². The van der Waals surface area contributed by atoms with Crippen LogP contribution in [-0.4, -0.2) is 32.6 Å². The van der Waals surface area contributed by atoms with Crippen molar-refractivity contribution in [3.8, 4) is 17.1 Å². The number of hydrogen-bond acceptors (Lipinski definition) is 6. The smallest absolute Gasteiger partial charge is 0.222 e. The molecule has 0 aliphatic carbocycles. The molecule has 0 aliphatic rings. The molecule has 0 fully saturated rings. The molecule has 0 aliphatic heterocycles. The second kappa shape index (κ2) is 7.99. The average molecular weight is 364 g/mol. The van der Waals surface area contributed by atoms with E-state index in [1.807, 2.05) is 51.5 Å². The summed E-state index contributed by atoms with van der Waals surface area (Å²) in [5.41, 5.74) is 5.06. The number of hydrogen-bond donors (Lipinski definition) is 2. The van der Waals surface area contributed by atoms with E-state index in [1.165, 1.54) is 6.21 Å². The van der Waals surface area contributed by atoms with E-state index in [0.29, 0.717) is 18.2 Å². The van der Waals surface area contributed by atoms with E-state index in [9.17, 15) is 0 Å². The third-order valence-electron chi connectivity index (χ3n) is 4.37. The molecule has 2 N–H and O–H groups in total. The van der Waals surface area contributed by atoms with Crippen molar-refractivity contribution in [1.82, 2.24) is 19.7 Å². The summed E-state index contributed by atoms with van der Waals surface area (Å²) in [5.74, 6) is 0.540. The molecule has 0 saturated carbocycles. The van der Waals surface area contributed by atoms with Gasteiger partial charge in [-0.25, -0.2) is 9.97 Å². The fraction of sp³-hybridized carbons (Fsp3) is 0.300. The lowest BCUT2D eigenvalue weighted by atomic mass is 10.1. The van der Waals surface area contributed by atoms with Crippen LogP contribution in [0.15, 0.2) is 36.8 Å². The minimum Gasteiger partial charge on any atom is -0.477 e. The van der Waals surface area contributed by atoms with Crippen LogP contribution in [0.5, 0.6) is 5.88 Å². The minimum absolute atomic E-state index is 0.0616. The molecule has 0 amide bonds. The monoisotopic (exact) mass is 364 g/mol. The molecule has 140 valence electrons. The van der Waals surface area contributed by atoms with E-state index >= 15 is 0 Å². The van der Waals surface area contributed by atoms with Crippen molar-refractivity contribution in [2.45, 2.75) is 26.8 Å². The van der Waals surface area contributed by atoms with Crippen LogP contribution in [0.1, 0.15) is 36.7 Å². The summed E-state index contributed by atoms with van der Waals surface area (Å²) in [4.78, 5) is 8.94. The van der Waals surface area contributed by atoms with Gasteiger partial charge in [0.2, 0.25) is 5.88 Å². The molecular formula is C20H24N6O. The molecule has 3 aromatic heterocycles. The molecule has 0 bridgehead atoms. The van der Waals surface area contributed by atoms with Crippen LogP contribution in [-0.2, 0) is 7.05 Å². The van der Waals surface area contributed by atoms with Gasteiger partial charge in [0.1, 0.15) is 0 Å². The predicted molar refractivity (Wildman–Crippen MR) is 107 cm³/mol. The Morgan fingerprint density at radius 2 is 2.22 bits per heavy atom. The molecule has 0 spiro atoms. The quantitative estimate of drug-likeness (QED) is 0.623.